The number of alkyl carbamates (subject to hydrolysis) is 1. The molecule has 0 aliphatic rings. The predicted octanol–water partition coefficient (Wildman–Crippen LogP) is 2.11. The number of rotatable bonds is 8. The summed E-state index contributed by atoms with van der Waals surface area (Å²) in [7, 11) is 3.17. The molecule has 0 aromatic carbocycles. The average Bonchev–Trinajstić information content (AvgIpc) is 2.47. The number of carbonyl (C=O) groups excluding carboxylic acids is 2. The van der Waals surface area contributed by atoms with Gasteiger partial charge in [0.15, 0.2) is 0 Å². The van der Waals surface area contributed by atoms with E-state index in [0.717, 1.165) is 5.75 Å². The predicted molar refractivity (Wildman–Crippen MR) is 106 cm³/mol. The van der Waals surface area contributed by atoms with Gasteiger partial charge in [-0.2, -0.15) is 4.98 Å². The normalized spacial score (nSPS) is 10.9. The molecule has 0 saturated heterocycles. The lowest BCUT2D eigenvalue weighted by Crippen LogP contribution is -2.33. The van der Waals surface area contributed by atoms with E-state index in [9.17, 15) is 14.4 Å². The minimum absolute atomic E-state index is 0.114. The molecule has 0 bridgehead atoms. The van der Waals surface area contributed by atoms with Gasteiger partial charge < -0.3 is 20.4 Å². The molecule has 26 heavy (non-hydrogen) atoms. The van der Waals surface area contributed by atoms with Crippen LogP contribution in [0.15, 0.2) is 10.9 Å². The number of nitrogens with zero attached hydrogens (tertiary/aromatic N) is 1. The number of ether oxygens (including phenoxy) is 1. The number of hydrogen-bond acceptors (Lipinski definition) is 7. The van der Waals surface area contributed by atoms with Gasteiger partial charge in [0, 0.05) is 36.4 Å². The Kier molecular flexibility index (Phi) is 9.35. The third kappa shape index (κ3) is 10.9. The number of carbonyl (C=O) groups is 2. The van der Waals surface area contributed by atoms with E-state index in [1.54, 1.807) is 28.5 Å². The molecule has 0 aliphatic carbocycles. The standard InChI is InChI=1S/C15H25N5O4S2/c1-10-9-11(21)19-12(18-10)20-13(22)16-5-7-25-26-8-6-17-14(23)24-15(2,3)4/h9H,5-8H2,1-4H3,(H,17,23)(H3,16,18,19,20,21,22). The number of nitrogens with one attached hydrogen (secondary N) is 4. The minimum Gasteiger partial charge on any atom is -0.444 e. The van der Waals surface area contributed by atoms with Crippen molar-refractivity contribution < 1.29 is 14.3 Å². The molecule has 9 nitrogen and oxygen atoms in total. The number of aryl methyl sites for hydroxylation is 1. The molecule has 0 saturated carbocycles. The Balaban J connectivity index is 2.06. The molecule has 0 spiro atoms. The van der Waals surface area contributed by atoms with E-state index in [1.807, 2.05) is 20.8 Å². The molecule has 3 amide bonds. The molecule has 1 aromatic heterocycles. The molecule has 0 fully saturated rings. The second-order valence-corrected chi connectivity index (χ2v) is 8.91. The summed E-state index contributed by atoms with van der Waals surface area (Å²) in [5, 5.41) is 7.81. The van der Waals surface area contributed by atoms with E-state index in [1.165, 1.54) is 6.07 Å². The van der Waals surface area contributed by atoms with E-state index in [4.69, 9.17) is 4.74 Å². The third-order valence-corrected chi connectivity index (χ3v) is 4.93. The van der Waals surface area contributed by atoms with Crippen LogP contribution in [0.4, 0.5) is 15.5 Å². The van der Waals surface area contributed by atoms with E-state index in [-0.39, 0.29) is 5.95 Å². The zero-order valence-electron chi connectivity index (χ0n) is 15.3. The van der Waals surface area contributed by atoms with Crippen molar-refractivity contribution in [1.29, 1.82) is 0 Å². The second kappa shape index (κ2) is 11.0. The summed E-state index contributed by atoms with van der Waals surface area (Å²) in [6, 6.07) is 0.908. The van der Waals surface area contributed by atoms with Crippen LogP contribution in [0.2, 0.25) is 0 Å². The van der Waals surface area contributed by atoms with Gasteiger partial charge in [-0.25, -0.2) is 9.59 Å². The highest BCUT2D eigenvalue weighted by molar-refractivity contribution is 8.76. The monoisotopic (exact) mass is 403 g/mol. The fourth-order valence-electron chi connectivity index (χ4n) is 1.62. The first-order valence-corrected chi connectivity index (χ1v) is 10.5. The summed E-state index contributed by atoms with van der Waals surface area (Å²) in [4.78, 5) is 40.8. The van der Waals surface area contributed by atoms with Gasteiger partial charge in [0.25, 0.3) is 5.56 Å². The van der Waals surface area contributed by atoms with Crippen molar-refractivity contribution in [1.82, 2.24) is 20.6 Å². The molecule has 0 unspecified atom stereocenters. The molecule has 0 radical (unpaired) electrons. The van der Waals surface area contributed by atoms with Crippen LogP contribution in [0, 0.1) is 6.92 Å². The molecule has 0 aliphatic heterocycles. The molecular formula is C15H25N5O4S2. The van der Waals surface area contributed by atoms with Gasteiger partial charge in [0.05, 0.1) is 0 Å². The van der Waals surface area contributed by atoms with Crippen LogP contribution >= 0.6 is 21.6 Å². The van der Waals surface area contributed by atoms with Crippen LogP contribution in [-0.2, 0) is 4.74 Å². The van der Waals surface area contributed by atoms with Gasteiger partial charge in [0.2, 0.25) is 5.95 Å². The molecule has 0 atom stereocenters. The van der Waals surface area contributed by atoms with Gasteiger partial charge in [-0.05, 0) is 27.7 Å². The van der Waals surface area contributed by atoms with Crippen LogP contribution < -0.4 is 21.5 Å². The maximum atomic E-state index is 11.7. The summed E-state index contributed by atoms with van der Waals surface area (Å²) in [5.41, 5.74) is -0.296. The quantitative estimate of drug-likeness (QED) is 0.387. The Morgan fingerprint density at radius 2 is 1.81 bits per heavy atom. The number of amides is 3. The Labute approximate surface area is 160 Å². The summed E-state index contributed by atoms with van der Waals surface area (Å²) in [6.07, 6.45) is -0.427. The number of urea groups is 1. The first-order valence-electron chi connectivity index (χ1n) is 8.00. The van der Waals surface area contributed by atoms with Crippen molar-refractivity contribution in [2.24, 2.45) is 0 Å². The summed E-state index contributed by atoms with van der Waals surface area (Å²) < 4.78 is 5.12. The Hall–Kier alpha value is -1.88. The van der Waals surface area contributed by atoms with Crippen molar-refractivity contribution in [2.45, 2.75) is 33.3 Å². The minimum atomic E-state index is -0.501. The molecular weight excluding hydrogens is 378 g/mol. The maximum absolute atomic E-state index is 11.7. The van der Waals surface area contributed by atoms with Crippen LogP contribution in [0.25, 0.3) is 0 Å². The zero-order chi connectivity index (χ0) is 19.6. The van der Waals surface area contributed by atoms with Gasteiger partial charge >= 0.3 is 12.1 Å². The lowest BCUT2D eigenvalue weighted by atomic mass is 10.2. The van der Waals surface area contributed by atoms with E-state index < -0.39 is 23.3 Å². The molecule has 11 heteroatoms. The third-order valence-electron chi connectivity index (χ3n) is 2.52. The highest BCUT2D eigenvalue weighted by Gasteiger charge is 2.15. The summed E-state index contributed by atoms with van der Waals surface area (Å²) >= 11 is 0. The van der Waals surface area contributed by atoms with Crippen LogP contribution in [0.3, 0.4) is 0 Å². The van der Waals surface area contributed by atoms with Gasteiger partial charge in [0.1, 0.15) is 5.60 Å². The topological polar surface area (TPSA) is 125 Å². The summed E-state index contributed by atoms with van der Waals surface area (Å²) in [6.45, 7) is 8.11. The SMILES string of the molecule is Cc1cc(=O)nc(NC(=O)NCCSSCCNC(=O)OC(C)(C)C)[nH]1. The molecule has 1 aromatic rings. The van der Waals surface area contributed by atoms with E-state index >= 15 is 0 Å². The first kappa shape index (κ1) is 22.2. The Morgan fingerprint density at radius 3 is 2.38 bits per heavy atom. The maximum Gasteiger partial charge on any atom is 0.407 e. The van der Waals surface area contributed by atoms with Crippen LogP contribution in [-0.4, -0.2) is 52.3 Å². The number of H-pyrrole nitrogens is 1. The van der Waals surface area contributed by atoms with Crippen molar-refractivity contribution in [3.8, 4) is 0 Å². The fourth-order valence-corrected chi connectivity index (χ4v) is 3.44. The lowest BCUT2D eigenvalue weighted by molar-refractivity contribution is 0.0531. The lowest BCUT2D eigenvalue weighted by Gasteiger charge is -2.19. The van der Waals surface area contributed by atoms with Crippen LogP contribution in [0.1, 0.15) is 26.5 Å². The molecule has 1 heterocycles. The van der Waals surface area contributed by atoms with Gasteiger partial charge in [-0.15, -0.1) is 0 Å². The highest BCUT2D eigenvalue weighted by atomic mass is 33.1. The zero-order valence-corrected chi connectivity index (χ0v) is 16.9. The fraction of sp³-hybridized carbons (Fsp3) is 0.600. The molecule has 1 rings (SSSR count). The van der Waals surface area contributed by atoms with Crippen molar-refractivity contribution in [3.63, 3.8) is 0 Å². The smallest absolute Gasteiger partial charge is 0.407 e. The van der Waals surface area contributed by atoms with Crippen molar-refractivity contribution >= 4 is 39.7 Å². The average molecular weight is 404 g/mol. The van der Waals surface area contributed by atoms with E-state index in [0.29, 0.717) is 24.5 Å². The highest BCUT2D eigenvalue weighted by Crippen LogP contribution is 2.19. The number of hydrogen-bond donors (Lipinski definition) is 4. The summed E-state index contributed by atoms with van der Waals surface area (Å²) in [5.74, 6) is 1.54. The second-order valence-electron chi connectivity index (χ2n) is 6.20. The van der Waals surface area contributed by atoms with Gasteiger partial charge in [-0.3, -0.25) is 10.1 Å². The number of aromatic nitrogens is 2. The Morgan fingerprint density at radius 1 is 1.19 bits per heavy atom. The Bertz CT molecular complexity index is 660. The van der Waals surface area contributed by atoms with Gasteiger partial charge in [-0.1, -0.05) is 21.6 Å². The molecule has 4 N–H and O–H groups in total. The van der Waals surface area contributed by atoms with Crippen molar-refractivity contribution in [2.75, 3.05) is 29.9 Å². The van der Waals surface area contributed by atoms with Crippen LogP contribution in [0.5, 0.6) is 0 Å². The number of anilines is 1. The van der Waals surface area contributed by atoms with Crippen molar-refractivity contribution in [3.05, 3.63) is 22.1 Å². The molecule has 146 valence electrons. The van der Waals surface area contributed by atoms with E-state index in [2.05, 4.69) is 25.9 Å². The largest absolute Gasteiger partial charge is 0.444 e. The first-order chi connectivity index (χ1) is 12.2. The number of aromatic amines is 1.